The SMILES string of the molecule is COc1cc([C@H]2CC(=O)Nc3nc(N)sc32)ccc1OCC(N)=O. The van der Waals surface area contributed by atoms with Crippen molar-refractivity contribution in [2.75, 3.05) is 24.8 Å². The summed E-state index contributed by atoms with van der Waals surface area (Å²) >= 11 is 1.35. The number of nitrogens with zero attached hydrogens (tertiary/aromatic N) is 1. The third-order valence-corrected chi connectivity index (χ3v) is 4.59. The Balaban J connectivity index is 1.95. The van der Waals surface area contributed by atoms with Crippen LogP contribution in [0.5, 0.6) is 11.5 Å². The topological polar surface area (TPSA) is 130 Å². The van der Waals surface area contributed by atoms with Crippen LogP contribution in [0, 0.1) is 0 Å². The molecule has 2 amide bonds. The molecule has 0 aliphatic carbocycles. The Labute approximate surface area is 141 Å². The second-order valence-corrected chi connectivity index (χ2v) is 6.30. The quantitative estimate of drug-likeness (QED) is 0.741. The van der Waals surface area contributed by atoms with Crippen LogP contribution in [0.3, 0.4) is 0 Å². The molecular weight excluding hydrogens is 332 g/mol. The molecular formula is C15H16N4O4S. The molecule has 0 saturated heterocycles. The average molecular weight is 348 g/mol. The van der Waals surface area contributed by atoms with E-state index in [-0.39, 0.29) is 18.4 Å². The normalized spacial score (nSPS) is 16.2. The molecule has 0 fully saturated rings. The maximum atomic E-state index is 11.9. The van der Waals surface area contributed by atoms with Crippen molar-refractivity contribution in [3.05, 3.63) is 28.6 Å². The van der Waals surface area contributed by atoms with E-state index >= 15 is 0 Å². The number of thiazole rings is 1. The average Bonchev–Trinajstić information content (AvgIpc) is 2.91. The van der Waals surface area contributed by atoms with Crippen molar-refractivity contribution in [3.63, 3.8) is 0 Å². The highest BCUT2D eigenvalue weighted by Crippen LogP contribution is 2.43. The molecule has 0 bridgehead atoms. The lowest BCUT2D eigenvalue weighted by atomic mass is 9.91. The molecule has 1 aromatic heterocycles. The number of ether oxygens (including phenoxy) is 2. The molecule has 0 radical (unpaired) electrons. The summed E-state index contributed by atoms with van der Waals surface area (Å²) in [5.41, 5.74) is 11.7. The number of hydrogen-bond acceptors (Lipinski definition) is 7. The summed E-state index contributed by atoms with van der Waals surface area (Å²) in [7, 11) is 1.50. The zero-order valence-electron chi connectivity index (χ0n) is 12.9. The Morgan fingerprint density at radius 3 is 2.96 bits per heavy atom. The summed E-state index contributed by atoms with van der Waals surface area (Å²) in [5.74, 6) is 0.512. The molecule has 8 nitrogen and oxygen atoms in total. The Morgan fingerprint density at radius 2 is 2.25 bits per heavy atom. The number of rotatable bonds is 5. The van der Waals surface area contributed by atoms with E-state index in [0.717, 1.165) is 10.4 Å². The number of primary amides is 1. The molecule has 24 heavy (non-hydrogen) atoms. The summed E-state index contributed by atoms with van der Waals surface area (Å²) in [5, 5.41) is 3.13. The van der Waals surface area contributed by atoms with Gasteiger partial charge >= 0.3 is 0 Å². The molecule has 126 valence electrons. The fraction of sp³-hybridized carbons (Fsp3) is 0.267. The van der Waals surface area contributed by atoms with Crippen LogP contribution in [0.2, 0.25) is 0 Å². The molecule has 2 aromatic rings. The molecule has 0 saturated carbocycles. The van der Waals surface area contributed by atoms with E-state index in [4.69, 9.17) is 20.9 Å². The first kappa shape index (κ1) is 16.1. The highest BCUT2D eigenvalue weighted by molar-refractivity contribution is 7.16. The minimum Gasteiger partial charge on any atom is -0.493 e. The van der Waals surface area contributed by atoms with E-state index < -0.39 is 5.91 Å². The summed E-state index contributed by atoms with van der Waals surface area (Å²) in [4.78, 5) is 27.8. The van der Waals surface area contributed by atoms with Crippen molar-refractivity contribution in [3.8, 4) is 11.5 Å². The number of hydrogen-bond donors (Lipinski definition) is 3. The van der Waals surface area contributed by atoms with Gasteiger partial charge in [0.25, 0.3) is 5.91 Å². The number of nitrogens with two attached hydrogens (primary N) is 2. The summed E-state index contributed by atoms with van der Waals surface area (Å²) in [6.45, 7) is -0.239. The first-order valence-electron chi connectivity index (χ1n) is 7.13. The van der Waals surface area contributed by atoms with Gasteiger partial charge in [0, 0.05) is 12.3 Å². The number of fused-ring (bicyclic) bond motifs is 1. The number of aromatic nitrogens is 1. The van der Waals surface area contributed by atoms with Gasteiger partial charge < -0.3 is 26.3 Å². The maximum absolute atomic E-state index is 11.9. The lowest BCUT2D eigenvalue weighted by Crippen LogP contribution is -2.22. The molecule has 0 unspecified atom stereocenters. The van der Waals surface area contributed by atoms with Gasteiger partial charge in [-0.2, -0.15) is 0 Å². The van der Waals surface area contributed by atoms with Crippen molar-refractivity contribution < 1.29 is 19.1 Å². The molecule has 1 atom stereocenters. The van der Waals surface area contributed by atoms with Gasteiger partial charge in [0.2, 0.25) is 5.91 Å². The molecule has 3 rings (SSSR count). The van der Waals surface area contributed by atoms with E-state index in [0.29, 0.717) is 28.9 Å². The van der Waals surface area contributed by atoms with Gasteiger partial charge in [-0.25, -0.2) is 4.98 Å². The van der Waals surface area contributed by atoms with Crippen molar-refractivity contribution in [2.45, 2.75) is 12.3 Å². The van der Waals surface area contributed by atoms with Crippen LogP contribution in [-0.2, 0) is 9.59 Å². The van der Waals surface area contributed by atoms with E-state index in [1.807, 2.05) is 6.07 Å². The zero-order chi connectivity index (χ0) is 17.3. The summed E-state index contributed by atoms with van der Waals surface area (Å²) in [6, 6.07) is 5.29. The zero-order valence-corrected chi connectivity index (χ0v) is 13.7. The van der Waals surface area contributed by atoms with Crippen LogP contribution < -0.4 is 26.3 Å². The second kappa shape index (κ2) is 6.36. The number of nitrogen functional groups attached to an aromatic ring is 1. The highest BCUT2D eigenvalue weighted by Gasteiger charge is 2.30. The molecule has 1 aromatic carbocycles. The van der Waals surface area contributed by atoms with Crippen LogP contribution in [0.25, 0.3) is 0 Å². The first-order valence-corrected chi connectivity index (χ1v) is 7.94. The standard InChI is InChI=1S/C15H16N4O4S/c1-22-10-4-7(2-3-9(10)23-6-11(16)20)8-5-12(21)18-14-13(8)24-15(17)19-14/h2-4,8H,5-6H2,1H3,(H2,16,20)(H2,17,19)(H,18,21)/t8-/m1/s1. The Morgan fingerprint density at radius 1 is 1.46 bits per heavy atom. The molecule has 1 aliphatic heterocycles. The first-order chi connectivity index (χ1) is 11.5. The number of benzene rings is 1. The summed E-state index contributed by atoms with van der Waals surface area (Å²) in [6.07, 6.45) is 0.291. The number of carbonyl (C=O) groups is 2. The smallest absolute Gasteiger partial charge is 0.255 e. The number of anilines is 2. The van der Waals surface area contributed by atoms with Crippen molar-refractivity contribution >= 4 is 34.1 Å². The van der Waals surface area contributed by atoms with Crippen LogP contribution >= 0.6 is 11.3 Å². The van der Waals surface area contributed by atoms with Gasteiger partial charge in [-0.05, 0) is 17.7 Å². The van der Waals surface area contributed by atoms with Gasteiger partial charge in [-0.3, -0.25) is 9.59 Å². The van der Waals surface area contributed by atoms with Crippen molar-refractivity contribution in [1.82, 2.24) is 4.98 Å². The lowest BCUT2D eigenvalue weighted by molar-refractivity contribution is -0.120. The van der Waals surface area contributed by atoms with Gasteiger partial charge in [-0.1, -0.05) is 17.4 Å². The molecule has 1 aliphatic rings. The predicted octanol–water partition coefficient (Wildman–Crippen LogP) is 1.07. The van der Waals surface area contributed by atoms with E-state index in [9.17, 15) is 9.59 Å². The van der Waals surface area contributed by atoms with E-state index in [1.165, 1.54) is 18.4 Å². The lowest BCUT2D eigenvalue weighted by Gasteiger charge is -2.22. The Kier molecular flexibility index (Phi) is 4.26. The predicted molar refractivity (Wildman–Crippen MR) is 89.3 cm³/mol. The van der Waals surface area contributed by atoms with Gasteiger partial charge in [-0.15, -0.1) is 0 Å². The van der Waals surface area contributed by atoms with Crippen LogP contribution in [0.4, 0.5) is 10.9 Å². The van der Waals surface area contributed by atoms with Crippen LogP contribution in [0.15, 0.2) is 18.2 Å². The largest absolute Gasteiger partial charge is 0.493 e. The highest BCUT2D eigenvalue weighted by atomic mass is 32.1. The van der Waals surface area contributed by atoms with Crippen LogP contribution in [0.1, 0.15) is 22.8 Å². The van der Waals surface area contributed by atoms with Crippen molar-refractivity contribution in [2.24, 2.45) is 5.73 Å². The molecule has 2 heterocycles. The van der Waals surface area contributed by atoms with Crippen LogP contribution in [-0.4, -0.2) is 30.5 Å². The summed E-state index contributed by atoms with van der Waals surface area (Å²) < 4.78 is 10.6. The Bertz CT molecular complexity index is 805. The van der Waals surface area contributed by atoms with Gasteiger partial charge in [0.05, 0.1) is 12.0 Å². The molecule has 5 N–H and O–H groups in total. The third-order valence-electron chi connectivity index (χ3n) is 3.59. The number of amides is 2. The second-order valence-electron chi connectivity index (χ2n) is 5.24. The van der Waals surface area contributed by atoms with Crippen molar-refractivity contribution in [1.29, 1.82) is 0 Å². The number of methoxy groups -OCH3 is 1. The number of nitrogens with one attached hydrogen (secondary N) is 1. The minimum absolute atomic E-state index is 0.120. The van der Waals surface area contributed by atoms with Gasteiger partial charge in [0.15, 0.2) is 23.2 Å². The maximum Gasteiger partial charge on any atom is 0.255 e. The van der Waals surface area contributed by atoms with E-state index in [2.05, 4.69) is 10.3 Å². The number of carbonyl (C=O) groups excluding carboxylic acids is 2. The molecule has 9 heteroatoms. The fourth-order valence-corrected chi connectivity index (χ4v) is 3.49. The monoisotopic (exact) mass is 348 g/mol. The van der Waals surface area contributed by atoms with E-state index in [1.54, 1.807) is 12.1 Å². The Hall–Kier alpha value is -2.81. The minimum atomic E-state index is -0.574. The third kappa shape index (κ3) is 3.11. The van der Waals surface area contributed by atoms with Gasteiger partial charge in [0.1, 0.15) is 5.82 Å². The fourth-order valence-electron chi connectivity index (χ4n) is 2.57. The molecule has 0 spiro atoms.